The number of benzene rings is 3. The molecule has 0 heterocycles. The van der Waals surface area contributed by atoms with Crippen molar-refractivity contribution in [3.8, 4) is 0 Å². The molecule has 3 aromatic rings. The lowest BCUT2D eigenvalue weighted by molar-refractivity contribution is 1.14. The Labute approximate surface area is 101 Å². The van der Waals surface area contributed by atoms with Gasteiger partial charge in [-0.25, -0.2) is 0 Å². The molecular weight excluding hydrogens is 206 g/mol. The molecule has 83 valence electrons. The Kier molecular flexibility index (Phi) is 2.25. The van der Waals surface area contributed by atoms with E-state index in [1.807, 2.05) is 6.07 Å². The Hall–Kier alpha value is -2.02. The van der Waals surface area contributed by atoms with Crippen molar-refractivity contribution in [3.63, 3.8) is 0 Å². The molecule has 0 amide bonds. The van der Waals surface area contributed by atoms with Gasteiger partial charge in [-0.1, -0.05) is 24.3 Å². The van der Waals surface area contributed by atoms with E-state index >= 15 is 0 Å². The third kappa shape index (κ3) is 1.64. The van der Waals surface area contributed by atoms with E-state index in [4.69, 9.17) is 0 Å². The lowest BCUT2D eigenvalue weighted by Crippen LogP contribution is -2.08. The van der Waals surface area contributed by atoms with E-state index in [1.165, 1.54) is 27.2 Å². The summed E-state index contributed by atoms with van der Waals surface area (Å²) in [5.74, 6) is 0. The van der Waals surface area contributed by atoms with Crippen molar-refractivity contribution in [3.05, 3.63) is 54.6 Å². The molecule has 0 spiro atoms. The molecule has 3 aromatic carbocycles. The van der Waals surface area contributed by atoms with Gasteiger partial charge in [-0.05, 0) is 46.5 Å². The van der Waals surface area contributed by atoms with Crippen LogP contribution in [0.25, 0.3) is 21.5 Å². The molecule has 1 radical (unpaired) electrons. The van der Waals surface area contributed by atoms with Crippen LogP contribution >= 0.6 is 0 Å². The second-order valence-corrected chi connectivity index (χ2v) is 4.52. The number of nitrogens with zero attached hydrogens (tertiary/aromatic N) is 1. The zero-order chi connectivity index (χ0) is 11.8. The summed E-state index contributed by atoms with van der Waals surface area (Å²) in [6.07, 6.45) is 0. The standard InChI is InChI=1S/C16H14N/c1-17(2)16-9-5-8-14-10-12-6-3-4-7-13(12)11-15(14)16/h3-4,6-11H,1-2H3. The Balaban J connectivity index is 2.43. The fourth-order valence-corrected chi connectivity index (χ4v) is 2.26. The van der Waals surface area contributed by atoms with Crippen LogP contribution in [0, 0.1) is 6.07 Å². The van der Waals surface area contributed by atoms with Gasteiger partial charge in [0.15, 0.2) is 0 Å². The molecule has 0 atom stereocenters. The maximum absolute atomic E-state index is 3.21. The maximum Gasteiger partial charge on any atom is 0.0447 e. The normalized spacial score (nSPS) is 10.9. The first kappa shape index (κ1) is 10.2. The largest absolute Gasteiger partial charge is 0.377 e. The van der Waals surface area contributed by atoms with Crippen molar-refractivity contribution >= 4 is 27.2 Å². The van der Waals surface area contributed by atoms with Gasteiger partial charge < -0.3 is 4.90 Å². The summed E-state index contributed by atoms with van der Waals surface area (Å²) in [6, 6.07) is 20.3. The summed E-state index contributed by atoms with van der Waals surface area (Å²) in [5, 5.41) is 5.10. The predicted octanol–water partition coefficient (Wildman–Crippen LogP) is 3.86. The van der Waals surface area contributed by atoms with Crippen LogP contribution in [0.15, 0.2) is 48.5 Å². The predicted molar refractivity (Wildman–Crippen MR) is 74.6 cm³/mol. The first-order chi connectivity index (χ1) is 8.25. The van der Waals surface area contributed by atoms with Crippen LogP contribution < -0.4 is 4.90 Å². The molecule has 0 saturated carbocycles. The van der Waals surface area contributed by atoms with Gasteiger partial charge in [0.05, 0.1) is 0 Å². The molecule has 1 nitrogen and oxygen atoms in total. The highest BCUT2D eigenvalue weighted by atomic mass is 15.1. The summed E-state index contributed by atoms with van der Waals surface area (Å²) in [5.41, 5.74) is 1.22. The molecule has 0 aliphatic heterocycles. The van der Waals surface area contributed by atoms with E-state index in [-0.39, 0.29) is 0 Å². The Morgan fingerprint density at radius 1 is 0.882 bits per heavy atom. The van der Waals surface area contributed by atoms with E-state index in [2.05, 4.69) is 67.5 Å². The highest BCUT2D eigenvalue weighted by molar-refractivity contribution is 6.03. The molecular formula is C16H14N. The summed E-state index contributed by atoms with van der Waals surface area (Å²) in [6.45, 7) is 0. The van der Waals surface area contributed by atoms with Crippen molar-refractivity contribution in [2.24, 2.45) is 0 Å². The second-order valence-electron chi connectivity index (χ2n) is 4.52. The second kappa shape index (κ2) is 3.77. The van der Waals surface area contributed by atoms with Gasteiger partial charge >= 0.3 is 0 Å². The molecule has 1 heteroatoms. The molecule has 0 bridgehead atoms. The quantitative estimate of drug-likeness (QED) is 0.563. The molecule has 0 aromatic heterocycles. The average Bonchev–Trinajstić information content (AvgIpc) is 2.35. The van der Waals surface area contributed by atoms with Gasteiger partial charge in [-0.2, -0.15) is 0 Å². The monoisotopic (exact) mass is 220 g/mol. The van der Waals surface area contributed by atoms with Crippen molar-refractivity contribution < 1.29 is 0 Å². The molecule has 0 fully saturated rings. The van der Waals surface area contributed by atoms with E-state index in [0.717, 1.165) is 0 Å². The SMILES string of the molecule is CN(C)c1c[c]cc2cc3ccccc3cc12. The molecule has 0 N–H and O–H groups in total. The Morgan fingerprint density at radius 3 is 2.29 bits per heavy atom. The molecule has 0 aliphatic carbocycles. The first-order valence-electron chi connectivity index (χ1n) is 5.75. The molecule has 0 saturated heterocycles. The maximum atomic E-state index is 3.21. The first-order valence-corrected chi connectivity index (χ1v) is 5.75. The molecule has 17 heavy (non-hydrogen) atoms. The highest BCUT2D eigenvalue weighted by Gasteiger charge is 2.04. The van der Waals surface area contributed by atoms with Crippen LogP contribution in [0.4, 0.5) is 5.69 Å². The van der Waals surface area contributed by atoms with Crippen LogP contribution in [0.5, 0.6) is 0 Å². The summed E-state index contributed by atoms with van der Waals surface area (Å²) in [7, 11) is 4.13. The van der Waals surface area contributed by atoms with E-state index < -0.39 is 0 Å². The average molecular weight is 220 g/mol. The van der Waals surface area contributed by atoms with E-state index in [0.29, 0.717) is 0 Å². The van der Waals surface area contributed by atoms with Gasteiger partial charge in [-0.3, -0.25) is 0 Å². The molecule has 0 unspecified atom stereocenters. The third-order valence-corrected chi connectivity index (χ3v) is 3.13. The molecule has 0 aliphatic rings. The minimum Gasteiger partial charge on any atom is -0.377 e. The van der Waals surface area contributed by atoms with Crippen molar-refractivity contribution in [2.75, 3.05) is 19.0 Å². The van der Waals surface area contributed by atoms with Crippen LogP contribution in [0.3, 0.4) is 0 Å². The smallest absolute Gasteiger partial charge is 0.0447 e. The summed E-state index contributed by atoms with van der Waals surface area (Å²) in [4.78, 5) is 2.13. The van der Waals surface area contributed by atoms with Gasteiger partial charge in [0.2, 0.25) is 0 Å². The van der Waals surface area contributed by atoms with Crippen LogP contribution in [-0.4, -0.2) is 14.1 Å². The lowest BCUT2D eigenvalue weighted by Gasteiger charge is -2.15. The topological polar surface area (TPSA) is 3.24 Å². The zero-order valence-corrected chi connectivity index (χ0v) is 10.1. The summed E-state index contributed by atoms with van der Waals surface area (Å²) < 4.78 is 0. The minimum absolute atomic E-state index is 1.22. The number of hydrogen-bond donors (Lipinski definition) is 0. The van der Waals surface area contributed by atoms with Crippen LogP contribution in [0.1, 0.15) is 0 Å². The molecule has 3 rings (SSSR count). The van der Waals surface area contributed by atoms with Gasteiger partial charge in [0.25, 0.3) is 0 Å². The fraction of sp³-hybridized carbons (Fsp3) is 0.125. The van der Waals surface area contributed by atoms with Crippen molar-refractivity contribution in [1.29, 1.82) is 0 Å². The number of fused-ring (bicyclic) bond motifs is 2. The third-order valence-electron chi connectivity index (χ3n) is 3.13. The fourth-order valence-electron chi connectivity index (χ4n) is 2.26. The van der Waals surface area contributed by atoms with Gasteiger partial charge in [-0.15, -0.1) is 0 Å². The number of rotatable bonds is 1. The number of anilines is 1. The zero-order valence-electron chi connectivity index (χ0n) is 10.1. The summed E-state index contributed by atoms with van der Waals surface area (Å²) >= 11 is 0. The van der Waals surface area contributed by atoms with Crippen LogP contribution in [0.2, 0.25) is 0 Å². The van der Waals surface area contributed by atoms with Crippen molar-refractivity contribution in [2.45, 2.75) is 0 Å². The van der Waals surface area contributed by atoms with Gasteiger partial charge in [0.1, 0.15) is 0 Å². The van der Waals surface area contributed by atoms with Crippen LogP contribution in [-0.2, 0) is 0 Å². The van der Waals surface area contributed by atoms with E-state index in [9.17, 15) is 0 Å². The Morgan fingerprint density at radius 2 is 1.59 bits per heavy atom. The van der Waals surface area contributed by atoms with Crippen molar-refractivity contribution in [1.82, 2.24) is 0 Å². The highest BCUT2D eigenvalue weighted by Crippen LogP contribution is 2.29. The Bertz CT molecular complexity index is 683. The number of hydrogen-bond acceptors (Lipinski definition) is 1. The van der Waals surface area contributed by atoms with Gasteiger partial charge in [0, 0.05) is 25.2 Å². The van der Waals surface area contributed by atoms with E-state index in [1.54, 1.807) is 0 Å². The minimum atomic E-state index is 1.22. The lowest BCUT2D eigenvalue weighted by atomic mass is 10.0.